The summed E-state index contributed by atoms with van der Waals surface area (Å²) in [6.07, 6.45) is 2.38. The van der Waals surface area contributed by atoms with E-state index in [2.05, 4.69) is 206 Å². The number of thiophene rings is 1. The van der Waals surface area contributed by atoms with Crippen LogP contribution in [-0.4, -0.2) is 14.9 Å². The first kappa shape index (κ1) is 39.0. The average molecular weight is 865 g/mol. The van der Waals surface area contributed by atoms with Gasteiger partial charge in [-0.3, -0.25) is 0 Å². The monoisotopic (exact) mass is 864 g/mol. The fraction of sp³-hybridized carbons (Fsp3) is 0.288. The molecule has 5 heteroatoms. The van der Waals surface area contributed by atoms with Crippen molar-refractivity contribution < 1.29 is 0 Å². The highest BCUT2D eigenvalue weighted by Crippen LogP contribution is 2.57. The van der Waals surface area contributed by atoms with Gasteiger partial charge < -0.3 is 9.71 Å². The fourth-order valence-electron chi connectivity index (χ4n) is 13.5. The molecular weight excluding hydrogens is 808 g/mol. The van der Waals surface area contributed by atoms with E-state index in [1.807, 2.05) is 11.3 Å². The summed E-state index contributed by atoms with van der Waals surface area (Å²) < 4.78 is 2.77. The van der Waals surface area contributed by atoms with Gasteiger partial charge in [-0.05, 0) is 121 Å². The van der Waals surface area contributed by atoms with E-state index in [0.717, 1.165) is 0 Å². The topological polar surface area (TPSA) is 6.48 Å². The molecule has 8 aromatic rings. The predicted molar refractivity (Wildman–Crippen MR) is 281 cm³/mol. The lowest BCUT2D eigenvalue weighted by molar-refractivity contribution is 0.332. The number of hydrogen-bond acceptors (Lipinski definition) is 3. The standard InChI is InChI=1S/C59H57BN2SSi/c1-34-29-40-41(57(4,5)28-27-56(40,2)3)32-46(34)61-47-33-43-42(58(6,7)38-21-13-14-22-39(38)59(43,8)9)31-44(47)60-53-48(61)30-37-35-19-12-16-24-49(35)63-55(37)52(53)36-20-18-26-51-54(36)62(60)45-23-15-17-25-50(45)64(51,10)11/h12-26,29-33H,27-28H2,1-11H3. The van der Waals surface area contributed by atoms with E-state index in [1.54, 1.807) is 5.19 Å². The molecule has 3 aliphatic heterocycles. The van der Waals surface area contributed by atoms with Crippen LogP contribution in [0.2, 0.25) is 13.1 Å². The molecule has 5 aliphatic rings. The molecule has 4 heterocycles. The molecule has 0 atom stereocenters. The Balaban J connectivity index is 1.23. The van der Waals surface area contributed by atoms with E-state index < -0.39 is 8.07 Å². The van der Waals surface area contributed by atoms with E-state index in [4.69, 9.17) is 0 Å². The Morgan fingerprint density at radius 1 is 0.547 bits per heavy atom. The summed E-state index contributed by atoms with van der Waals surface area (Å²) in [5.41, 5.74) is 22.4. The van der Waals surface area contributed by atoms with Crippen LogP contribution in [0.1, 0.15) is 107 Å². The Morgan fingerprint density at radius 2 is 1.16 bits per heavy atom. The Morgan fingerprint density at radius 3 is 1.89 bits per heavy atom. The van der Waals surface area contributed by atoms with Gasteiger partial charge in [-0.1, -0.05) is 159 Å². The summed E-state index contributed by atoms with van der Waals surface area (Å²) >= 11 is 1.99. The SMILES string of the molecule is Cc1cc2c(cc1N1c3cc4c(cc3B3c5c1cc1c(sc6ccccc61)c5-c1cccc5c1N3c1ccccc1[Si]5(C)C)C(C)(C)c1ccccc1C4(C)C)C(C)(C)CCC2(C)C. The van der Waals surface area contributed by atoms with Crippen LogP contribution in [0.3, 0.4) is 0 Å². The van der Waals surface area contributed by atoms with Crippen LogP contribution in [-0.2, 0) is 21.7 Å². The molecule has 0 unspecified atom stereocenters. The second kappa shape index (κ2) is 12.3. The van der Waals surface area contributed by atoms with E-state index in [-0.39, 0.29) is 28.5 Å². The molecule has 0 bridgehead atoms. The molecular formula is C59H57BN2SSi. The Labute approximate surface area is 385 Å². The van der Waals surface area contributed by atoms with Gasteiger partial charge >= 0.3 is 6.85 Å². The van der Waals surface area contributed by atoms with Crippen molar-refractivity contribution in [3.05, 3.63) is 160 Å². The molecule has 0 radical (unpaired) electrons. The molecule has 0 N–H and O–H groups in total. The molecule has 0 fully saturated rings. The van der Waals surface area contributed by atoms with Crippen molar-refractivity contribution in [1.82, 2.24) is 0 Å². The summed E-state index contributed by atoms with van der Waals surface area (Å²) in [6, 6.07) is 48.4. The highest BCUT2D eigenvalue weighted by molar-refractivity contribution is 7.26. The molecule has 1 aromatic heterocycles. The lowest BCUT2D eigenvalue weighted by Gasteiger charge is -2.52. The van der Waals surface area contributed by atoms with Gasteiger partial charge in [0.2, 0.25) is 0 Å². The Hall–Kier alpha value is -5.36. The summed E-state index contributed by atoms with van der Waals surface area (Å²) in [4.78, 5) is 5.59. The van der Waals surface area contributed by atoms with E-state index >= 15 is 0 Å². The average Bonchev–Trinajstić information content (AvgIpc) is 3.65. The number of aryl methyl sites for hydroxylation is 1. The minimum Gasteiger partial charge on any atom is -0.377 e. The largest absolute Gasteiger partial charge is 0.377 e. The zero-order valence-electron chi connectivity index (χ0n) is 39.3. The minimum absolute atomic E-state index is 0.0274. The van der Waals surface area contributed by atoms with Crippen molar-refractivity contribution in [2.45, 2.75) is 110 Å². The number of anilines is 5. The lowest BCUT2D eigenvalue weighted by atomic mass is 9.42. The van der Waals surface area contributed by atoms with Crippen LogP contribution in [0.4, 0.5) is 28.4 Å². The molecule has 64 heavy (non-hydrogen) atoms. The normalized spacial score (nSPS) is 19.3. The molecule has 0 spiro atoms. The van der Waals surface area contributed by atoms with Gasteiger partial charge in [0, 0.05) is 70.6 Å². The maximum absolute atomic E-state index is 2.83. The Bertz CT molecular complexity index is 3420. The summed E-state index contributed by atoms with van der Waals surface area (Å²) in [7, 11) is -2.10. The van der Waals surface area contributed by atoms with Gasteiger partial charge in [0.15, 0.2) is 0 Å². The number of rotatable bonds is 1. The number of hydrogen-bond donors (Lipinski definition) is 0. The first-order valence-corrected chi connectivity index (χ1v) is 27.5. The summed E-state index contributed by atoms with van der Waals surface area (Å²) in [6.45, 7) is 27.3. The van der Waals surface area contributed by atoms with Gasteiger partial charge in [0.25, 0.3) is 0 Å². The fourth-order valence-corrected chi connectivity index (χ4v) is 17.8. The van der Waals surface area contributed by atoms with Gasteiger partial charge in [0.05, 0.1) is 0 Å². The number of para-hydroxylation sites is 2. The lowest BCUT2D eigenvalue weighted by Crippen LogP contribution is -2.68. The zero-order valence-corrected chi connectivity index (χ0v) is 41.2. The molecule has 316 valence electrons. The third-order valence-corrected chi connectivity index (χ3v) is 22.0. The first-order chi connectivity index (χ1) is 30.4. The smallest absolute Gasteiger partial charge is 0.333 e. The van der Waals surface area contributed by atoms with Gasteiger partial charge in [-0.15, -0.1) is 11.3 Å². The van der Waals surface area contributed by atoms with Crippen molar-refractivity contribution in [2.75, 3.05) is 9.71 Å². The van der Waals surface area contributed by atoms with Crippen molar-refractivity contribution >= 4 is 96.2 Å². The Kier molecular flexibility index (Phi) is 7.50. The zero-order chi connectivity index (χ0) is 44.2. The first-order valence-electron chi connectivity index (χ1n) is 23.7. The molecule has 2 nitrogen and oxygen atoms in total. The van der Waals surface area contributed by atoms with Crippen LogP contribution < -0.4 is 31.0 Å². The molecule has 0 saturated carbocycles. The van der Waals surface area contributed by atoms with Crippen LogP contribution in [0.15, 0.2) is 121 Å². The van der Waals surface area contributed by atoms with Crippen molar-refractivity contribution in [3.63, 3.8) is 0 Å². The second-order valence-electron chi connectivity index (χ2n) is 22.8. The summed E-state index contributed by atoms with van der Waals surface area (Å²) in [5, 5.41) is 5.79. The summed E-state index contributed by atoms with van der Waals surface area (Å²) in [5.74, 6) is 0. The highest BCUT2D eigenvalue weighted by atomic mass is 32.1. The third kappa shape index (κ3) is 4.73. The molecule has 0 amide bonds. The molecule has 2 aliphatic carbocycles. The molecule has 13 rings (SSSR count). The van der Waals surface area contributed by atoms with Crippen molar-refractivity contribution in [2.24, 2.45) is 0 Å². The molecule has 0 saturated heterocycles. The van der Waals surface area contributed by atoms with E-state index in [9.17, 15) is 0 Å². The minimum atomic E-state index is -2.10. The quantitative estimate of drug-likeness (QED) is 0.152. The predicted octanol–water partition coefficient (Wildman–Crippen LogP) is 13.5. The highest BCUT2D eigenvalue weighted by Gasteiger charge is 2.53. The number of nitrogens with zero attached hydrogens (tertiary/aromatic N) is 2. The van der Waals surface area contributed by atoms with Gasteiger partial charge in [-0.2, -0.15) is 0 Å². The van der Waals surface area contributed by atoms with Crippen LogP contribution in [0, 0.1) is 6.92 Å². The third-order valence-electron chi connectivity index (χ3n) is 17.2. The van der Waals surface area contributed by atoms with Crippen molar-refractivity contribution in [1.29, 1.82) is 0 Å². The molecule has 7 aromatic carbocycles. The van der Waals surface area contributed by atoms with Crippen LogP contribution in [0.25, 0.3) is 31.3 Å². The number of benzene rings is 7. The maximum atomic E-state index is 2.83. The van der Waals surface area contributed by atoms with Gasteiger partial charge in [-0.25, -0.2) is 0 Å². The van der Waals surface area contributed by atoms with Gasteiger partial charge in [0.1, 0.15) is 8.07 Å². The van der Waals surface area contributed by atoms with E-state index in [1.165, 1.54) is 128 Å². The van der Waals surface area contributed by atoms with E-state index in [0.29, 0.717) is 0 Å². The number of fused-ring (bicyclic) bond motifs is 13. The van der Waals surface area contributed by atoms with Crippen molar-refractivity contribution in [3.8, 4) is 11.1 Å². The van der Waals surface area contributed by atoms with Crippen LogP contribution >= 0.6 is 11.3 Å². The van der Waals surface area contributed by atoms with Crippen LogP contribution in [0.5, 0.6) is 0 Å². The maximum Gasteiger partial charge on any atom is 0.333 e. The second-order valence-corrected chi connectivity index (χ2v) is 28.2.